The fraction of sp³-hybridized carbons (Fsp3) is 0.583. The van der Waals surface area contributed by atoms with Gasteiger partial charge in [-0.1, -0.05) is 19.0 Å². The molecular weight excluding hydrogens is 236 g/mol. The molecule has 0 spiro atoms. The SMILES string of the molecule is CC(C)c1cc(C(=O)NC2(C(=O)O)CCC2)no1. The Labute approximate surface area is 104 Å². The van der Waals surface area contributed by atoms with Crippen molar-refractivity contribution in [1.29, 1.82) is 0 Å². The molecule has 0 atom stereocenters. The van der Waals surface area contributed by atoms with Crippen molar-refractivity contribution in [3.63, 3.8) is 0 Å². The van der Waals surface area contributed by atoms with Crippen molar-refractivity contribution in [2.24, 2.45) is 0 Å². The second-order valence-electron chi connectivity index (χ2n) is 4.96. The van der Waals surface area contributed by atoms with Gasteiger partial charge in [0.15, 0.2) is 5.69 Å². The minimum atomic E-state index is -1.12. The molecule has 6 nitrogen and oxygen atoms in total. The van der Waals surface area contributed by atoms with Crippen LogP contribution in [0.25, 0.3) is 0 Å². The van der Waals surface area contributed by atoms with Crippen LogP contribution in [-0.4, -0.2) is 27.7 Å². The van der Waals surface area contributed by atoms with Crippen molar-refractivity contribution < 1.29 is 19.2 Å². The molecule has 6 heteroatoms. The number of carbonyl (C=O) groups excluding carboxylic acids is 1. The molecule has 0 aromatic carbocycles. The molecule has 2 N–H and O–H groups in total. The third kappa shape index (κ3) is 2.10. The summed E-state index contributed by atoms with van der Waals surface area (Å²) in [5.74, 6) is -0.739. The lowest BCUT2D eigenvalue weighted by Crippen LogP contribution is -2.59. The molecule has 18 heavy (non-hydrogen) atoms. The van der Waals surface area contributed by atoms with E-state index in [9.17, 15) is 9.59 Å². The van der Waals surface area contributed by atoms with Crippen molar-refractivity contribution in [1.82, 2.24) is 10.5 Å². The highest BCUT2D eigenvalue weighted by molar-refractivity contribution is 5.96. The molecule has 1 aromatic heterocycles. The van der Waals surface area contributed by atoms with E-state index in [1.165, 1.54) is 0 Å². The molecule has 1 aliphatic rings. The molecule has 1 amide bonds. The molecule has 1 saturated carbocycles. The smallest absolute Gasteiger partial charge is 0.329 e. The van der Waals surface area contributed by atoms with Gasteiger partial charge >= 0.3 is 5.97 Å². The fourth-order valence-corrected chi connectivity index (χ4v) is 1.87. The van der Waals surface area contributed by atoms with Gasteiger partial charge in [-0.25, -0.2) is 4.79 Å². The Balaban J connectivity index is 2.09. The van der Waals surface area contributed by atoms with Crippen LogP contribution in [0.5, 0.6) is 0 Å². The Morgan fingerprint density at radius 1 is 1.50 bits per heavy atom. The van der Waals surface area contributed by atoms with Crippen LogP contribution in [0, 0.1) is 0 Å². The van der Waals surface area contributed by atoms with Gasteiger partial charge in [0.2, 0.25) is 0 Å². The number of hydrogen-bond acceptors (Lipinski definition) is 4. The summed E-state index contributed by atoms with van der Waals surface area (Å²) in [6.07, 6.45) is 1.73. The fourth-order valence-electron chi connectivity index (χ4n) is 1.87. The Hall–Kier alpha value is -1.85. The number of aliphatic carboxylic acids is 1. The first-order chi connectivity index (χ1) is 8.44. The third-order valence-electron chi connectivity index (χ3n) is 3.30. The molecule has 1 fully saturated rings. The Bertz CT molecular complexity index is 474. The van der Waals surface area contributed by atoms with Crippen molar-refractivity contribution in [3.8, 4) is 0 Å². The first-order valence-electron chi connectivity index (χ1n) is 5.97. The van der Waals surface area contributed by atoms with Gasteiger partial charge in [0.25, 0.3) is 5.91 Å². The normalized spacial score (nSPS) is 17.3. The highest BCUT2D eigenvalue weighted by atomic mass is 16.5. The van der Waals surface area contributed by atoms with Gasteiger partial charge in [-0.15, -0.1) is 0 Å². The molecule has 0 aliphatic heterocycles. The first kappa shape index (κ1) is 12.6. The summed E-state index contributed by atoms with van der Waals surface area (Å²) in [4.78, 5) is 23.0. The number of carbonyl (C=O) groups is 2. The van der Waals surface area contributed by atoms with Crippen LogP contribution >= 0.6 is 0 Å². The molecule has 0 radical (unpaired) electrons. The van der Waals surface area contributed by atoms with Crippen molar-refractivity contribution >= 4 is 11.9 Å². The Morgan fingerprint density at radius 3 is 2.56 bits per heavy atom. The van der Waals surface area contributed by atoms with Crippen LogP contribution in [0.4, 0.5) is 0 Å². The summed E-state index contributed by atoms with van der Waals surface area (Å²) < 4.78 is 5.02. The van der Waals surface area contributed by atoms with E-state index in [0.29, 0.717) is 18.6 Å². The zero-order valence-electron chi connectivity index (χ0n) is 10.4. The van der Waals surface area contributed by atoms with Crippen LogP contribution in [0.15, 0.2) is 10.6 Å². The van der Waals surface area contributed by atoms with Crippen molar-refractivity contribution in [2.45, 2.75) is 44.6 Å². The molecule has 1 aliphatic carbocycles. The molecule has 98 valence electrons. The van der Waals surface area contributed by atoms with Crippen molar-refractivity contribution in [2.75, 3.05) is 0 Å². The maximum Gasteiger partial charge on any atom is 0.329 e. The second kappa shape index (κ2) is 4.44. The maximum atomic E-state index is 11.9. The zero-order chi connectivity index (χ0) is 13.3. The monoisotopic (exact) mass is 252 g/mol. The highest BCUT2D eigenvalue weighted by Crippen LogP contribution is 2.32. The summed E-state index contributed by atoms with van der Waals surface area (Å²) >= 11 is 0. The number of rotatable bonds is 4. The van der Waals surface area contributed by atoms with Gasteiger partial charge in [0.1, 0.15) is 11.3 Å². The van der Waals surface area contributed by atoms with Crippen LogP contribution in [-0.2, 0) is 4.79 Å². The van der Waals surface area contributed by atoms with E-state index >= 15 is 0 Å². The molecule has 0 saturated heterocycles. The lowest BCUT2D eigenvalue weighted by atomic mass is 9.76. The molecule has 2 rings (SSSR count). The average molecular weight is 252 g/mol. The average Bonchev–Trinajstić information content (AvgIpc) is 2.71. The zero-order valence-corrected chi connectivity index (χ0v) is 10.4. The lowest BCUT2D eigenvalue weighted by Gasteiger charge is -2.37. The molecule has 0 unspecified atom stereocenters. The third-order valence-corrected chi connectivity index (χ3v) is 3.30. The molecular formula is C12H16N2O4. The van der Waals surface area contributed by atoms with Gasteiger partial charge in [0.05, 0.1) is 0 Å². The van der Waals surface area contributed by atoms with Crippen LogP contribution in [0.1, 0.15) is 55.3 Å². The Kier molecular flexibility index (Phi) is 3.11. The number of hydrogen-bond donors (Lipinski definition) is 2. The number of carboxylic acids is 1. The summed E-state index contributed by atoms with van der Waals surface area (Å²) in [6.45, 7) is 3.85. The van der Waals surface area contributed by atoms with Gasteiger partial charge in [-0.05, 0) is 19.3 Å². The van der Waals surface area contributed by atoms with E-state index in [4.69, 9.17) is 9.63 Å². The molecule has 1 heterocycles. The van der Waals surface area contributed by atoms with Crippen molar-refractivity contribution in [3.05, 3.63) is 17.5 Å². The number of carboxylic acid groups (broad SMARTS) is 1. The van der Waals surface area contributed by atoms with E-state index in [1.54, 1.807) is 6.07 Å². The van der Waals surface area contributed by atoms with Crippen LogP contribution < -0.4 is 5.32 Å². The highest BCUT2D eigenvalue weighted by Gasteiger charge is 2.46. The summed E-state index contributed by atoms with van der Waals surface area (Å²) in [7, 11) is 0. The number of nitrogens with zero attached hydrogens (tertiary/aromatic N) is 1. The molecule has 1 aromatic rings. The minimum Gasteiger partial charge on any atom is -0.480 e. The quantitative estimate of drug-likeness (QED) is 0.847. The van der Waals surface area contributed by atoms with Crippen LogP contribution in [0.2, 0.25) is 0 Å². The van der Waals surface area contributed by atoms with E-state index in [1.807, 2.05) is 13.8 Å². The van der Waals surface area contributed by atoms with Gasteiger partial charge in [-0.2, -0.15) is 0 Å². The van der Waals surface area contributed by atoms with Gasteiger partial charge in [0, 0.05) is 12.0 Å². The summed E-state index contributed by atoms with van der Waals surface area (Å²) in [6, 6.07) is 1.55. The summed E-state index contributed by atoms with van der Waals surface area (Å²) in [5, 5.41) is 15.3. The van der Waals surface area contributed by atoms with Gasteiger partial charge < -0.3 is 14.9 Å². The molecule has 0 bridgehead atoms. The minimum absolute atomic E-state index is 0.131. The van der Waals surface area contributed by atoms with E-state index in [2.05, 4.69) is 10.5 Å². The van der Waals surface area contributed by atoms with E-state index in [0.717, 1.165) is 6.42 Å². The Morgan fingerprint density at radius 2 is 2.17 bits per heavy atom. The largest absolute Gasteiger partial charge is 0.480 e. The summed E-state index contributed by atoms with van der Waals surface area (Å²) in [5.41, 5.74) is -0.986. The lowest BCUT2D eigenvalue weighted by molar-refractivity contribution is -0.148. The first-order valence-corrected chi connectivity index (χ1v) is 5.97. The predicted octanol–water partition coefficient (Wildman–Crippen LogP) is 1.54. The number of aromatic nitrogens is 1. The predicted molar refractivity (Wildman–Crippen MR) is 62.3 cm³/mol. The standard InChI is InChI=1S/C12H16N2O4/c1-7(2)9-6-8(14-18-9)10(15)13-12(11(16)17)4-3-5-12/h6-7H,3-5H2,1-2H3,(H,13,15)(H,16,17). The number of nitrogens with one attached hydrogen (secondary N) is 1. The van der Waals surface area contributed by atoms with Crippen LogP contribution in [0.3, 0.4) is 0 Å². The maximum absolute atomic E-state index is 11.9. The second-order valence-corrected chi connectivity index (χ2v) is 4.96. The van der Waals surface area contributed by atoms with E-state index in [-0.39, 0.29) is 11.6 Å². The topological polar surface area (TPSA) is 92.4 Å². The number of amides is 1. The van der Waals surface area contributed by atoms with E-state index < -0.39 is 17.4 Å². The van der Waals surface area contributed by atoms with Gasteiger partial charge in [-0.3, -0.25) is 4.79 Å².